The number of rotatable bonds is 64. The molecule has 11 nitrogen and oxygen atoms in total. The predicted octanol–water partition coefficient (Wildman–Crippen LogP) is 21.0. The standard InChI is InChI=1S/C70H127O11P/c1-4-7-10-13-16-19-22-25-28-31-33-36-38-41-44-47-50-53-56-59-68(72)77-63-67(81-70(74)61-58-55-52-49-46-43-40-37-34-32-29-26-23-20-17-14-11-8-5-2)65-79-82(75,76)78-64-66(62-71)80-69(73)60-57-54-51-48-45-42-39-35-30-27-24-21-18-15-12-9-6-3/h16,18-19,21,25,27-28,30,33,36,66-67,71H,4-15,17,20,22-24,26,29,31-32,34-35,37-65H2,1-3H3,(H,75,76)/b19-16-,21-18-,28-25-,30-27-,36-33-. The molecule has 82 heavy (non-hydrogen) atoms. The van der Waals surface area contributed by atoms with Gasteiger partial charge < -0.3 is 24.2 Å². The number of allylic oxidation sites excluding steroid dienone is 10. The third-order valence-electron chi connectivity index (χ3n) is 14.9. The van der Waals surface area contributed by atoms with Crippen LogP contribution in [0.1, 0.15) is 329 Å². The van der Waals surface area contributed by atoms with E-state index in [4.69, 9.17) is 23.3 Å². The third-order valence-corrected chi connectivity index (χ3v) is 15.9. The summed E-state index contributed by atoms with van der Waals surface area (Å²) in [4.78, 5) is 48.9. The first-order valence-corrected chi connectivity index (χ1v) is 35.7. The Bertz CT molecular complexity index is 1610. The SMILES string of the molecule is CCCCC/C=C\C/C=C\C/C=C\CCCCCCCCC(=O)OCC(COP(=O)(O)OCC(CO)OC(=O)CCCCCCCCC/C=C\C/C=C\CCCCC)OC(=O)CCCCCCCCCCCCCCCCCCCCC. The minimum atomic E-state index is -4.76. The predicted molar refractivity (Wildman–Crippen MR) is 344 cm³/mol. The number of ether oxygens (including phenoxy) is 3. The molecule has 0 heterocycles. The van der Waals surface area contributed by atoms with Gasteiger partial charge in [0.1, 0.15) is 12.7 Å². The summed E-state index contributed by atoms with van der Waals surface area (Å²) in [6, 6.07) is 0. The Morgan fingerprint density at radius 3 is 0.939 bits per heavy atom. The number of aliphatic hydroxyl groups excluding tert-OH is 1. The Labute approximate surface area is 504 Å². The summed E-state index contributed by atoms with van der Waals surface area (Å²) in [7, 11) is -4.76. The Kier molecular flexibility index (Phi) is 62.0. The minimum absolute atomic E-state index is 0.168. The van der Waals surface area contributed by atoms with E-state index >= 15 is 0 Å². The number of aliphatic hydroxyl groups is 1. The second-order valence-corrected chi connectivity index (χ2v) is 24.4. The van der Waals surface area contributed by atoms with Crippen molar-refractivity contribution >= 4 is 25.7 Å². The number of hydrogen-bond acceptors (Lipinski definition) is 10. The molecule has 0 saturated heterocycles. The van der Waals surface area contributed by atoms with Crippen LogP contribution in [0, 0.1) is 0 Å². The molecule has 3 atom stereocenters. The second kappa shape index (κ2) is 64.2. The van der Waals surface area contributed by atoms with Gasteiger partial charge in [0, 0.05) is 19.3 Å². The average Bonchev–Trinajstić information content (AvgIpc) is 3.47. The molecular formula is C70H127O11P. The normalized spacial score (nSPS) is 13.6. The summed E-state index contributed by atoms with van der Waals surface area (Å²) < 4.78 is 39.8. The van der Waals surface area contributed by atoms with Crippen LogP contribution in [0.5, 0.6) is 0 Å². The van der Waals surface area contributed by atoms with Crippen molar-refractivity contribution in [3.05, 3.63) is 60.8 Å². The molecule has 0 radical (unpaired) electrons. The molecule has 0 fully saturated rings. The van der Waals surface area contributed by atoms with E-state index in [9.17, 15) is 28.9 Å². The largest absolute Gasteiger partial charge is 0.472 e. The molecule has 3 unspecified atom stereocenters. The van der Waals surface area contributed by atoms with Crippen LogP contribution in [0.2, 0.25) is 0 Å². The van der Waals surface area contributed by atoms with E-state index in [2.05, 4.69) is 81.5 Å². The van der Waals surface area contributed by atoms with Crippen LogP contribution < -0.4 is 0 Å². The first kappa shape index (κ1) is 79.2. The maximum absolute atomic E-state index is 13.0. The van der Waals surface area contributed by atoms with Crippen molar-refractivity contribution in [3.8, 4) is 0 Å². The third kappa shape index (κ3) is 61.7. The molecule has 0 spiro atoms. The Balaban J connectivity index is 4.69. The van der Waals surface area contributed by atoms with E-state index in [0.29, 0.717) is 19.3 Å². The van der Waals surface area contributed by atoms with Crippen molar-refractivity contribution < 1.29 is 52.2 Å². The molecule has 0 bridgehead atoms. The number of hydrogen-bond donors (Lipinski definition) is 2. The molecule has 2 N–H and O–H groups in total. The van der Waals surface area contributed by atoms with E-state index in [1.165, 1.54) is 161 Å². The van der Waals surface area contributed by atoms with E-state index in [1.54, 1.807) is 0 Å². The smallest absolute Gasteiger partial charge is 0.462 e. The molecule has 0 aromatic heterocycles. The highest BCUT2D eigenvalue weighted by atomic mass is 31.2. The van der Waals surface area contributed by atoms with Crippen LogP contribution in [0.15, 0.2) is 60.8 Å². The van der Waals surface area contributed by atoms with Gasteiger partial charge in [0.2, 0.25) is 0 Å². The molecular weight excluding hydrogens is 1050 g/mol. The second-order valence-electron chi connectivity index (χ2n) is 23.0. The summed E-state index contributed by atoms with van der Waals surface area (Å²) in [5, 5.41) is 9.87. The Morgan fingerprint density at radius 1 is 0.341 bits per heavy atom. The first-order chi connectivity index (χ1) is 40.2. The number of phosphoric acid groups is 1. The summed E-state index contributed by atoms with van der Waals surface area (Å²) >= 11 is 0. The van der Waals surface area contributed by atoms with E-state index in [-0.39, 0.29) is 25.9 Å². The van der Waals surface area contributed by atoms with Gasteiger partial charge in [-0.3, -0.25) is 23.4 Å². The van der Waals surface area contributed by atoms with Crippen molar-refractivity contribution in [2.24, 2.45) is 0 Å². The highest BCUT2D eigenvalue weighted by molar-refractivity contribution is 7.47. The molecule has 0 aliphatic heterocycles. The zero-order valence-corrected chi connectivity index (χ0v) is 54.1. The lowest BCUT2D eigenvalue weighted by molar-refractivity contribution is -0.161. The highest BCUT2D eigenvalue weighted by Gasteiger charge is 2.28. The number of phosphoric ester groups is 1. The molecule has 12 heteroatoms. The maximum Gasteiger partial charge on any atom is 0.472 e. The van der Waals surface area contributed by atoms with Crippen molar-refractivity contribution in [2.75, 3.05) is 26.4 Å². The van der Waals surface area contributed by atoms with Gasteiger partial charge in [0.05, 0.1) is 19.8 Å². The van der Waals surface area contributed by atoms with Gasteiger partial charge in [-0.25, -0.2) is 4.57 Å². The summed E-state index contributed by atoms with van der Waals surface area (Å²) in [6.07, 6.45) is 73.0. The van der Waals surface area contributed by atoms with E-state index < -0.39 is 57.8 Å². The fourth-order valence-electron chi connectivity index (χ4n) is 9.69. The summed E-state index contributed by atoms with van der Waals surface area (Å²) in [5.74, 6) is -1.46. The van der Waals surface area contributed by atoms with Crippen LogP contribution in [0.25, 0.3) is 0 Å². The number of carbonyl (C=O) groups excluding carboxylic acids is 3. The lowest BCUT2D eigenvalue weighted by Crippen LogP contribution is -2.30. The van der Waals surface area contributed by atoms with Gasteiger partial charge in [-0.1, -0.05) is 281 Å². The van der Waals surface area contributed by atoms with Crippen LogP contribution in [-0.4, -0.2) is 66.5 Å². The molecule has 478 valence electrons. The number of esters is 3. The number of unbranched alkanes of at least 4 members (excludes halogenated alkanes) is 37. The quantitative estimate of drug-likeness (QED) is 0.0197. The van der Waals surface area contributed by atoms with Gasteiger partial charge in [-0.2, -0.15) is 0 Å². The summed E-state index contributed by atoms with van der Waals surface area (Å²) in [5.41, 5.74) is 0. The average molecular weight is 1180 g/mol. The first-order valence-electron chi connectivity index (χ1n) is 34.2. The zero-order valence-electron chi connectivity index (χ0n) is 53.2. The zero-order chi connectivity index (χ0) is 59.8. The monoisotopic (exact) mass is 1170 g/mol. The molecule has 0 saturated carbocycles. The molecule has 0 aromatic carbocycles. The lowest BCUT2D eigenvalue weighted by atomic mass is 10.0. The minimum Gasteiger partial charge on any atom is -0.462 e. The Morgan fingerprint density at radius 2 is 0.598 bits per heavy atom. The topological polar surface area (TPSA) is 155 Å². The van der Waals surface area contributed by atoms with E-state index in [1.807, 2.05) is 0 Å². The van der Waals surface area contributed by atoms with E-state index in [0.717, 1.165) is 109 Å². The van der Waals surface area contributed by atoms with Gasteiger partial charge in [0.25, 0.3) is 0 Å². The van der Waals surface area contributed by atoms with Crippen LogP contribution in [0.3, 0.4) is 0 Å². The highest BCUT2D eigenvalue weighted by Crippen LogP contribution is 2.43. The van der Waals surface area contributed by atoms with Crippen molar-refractivity contribution in [2.45, 2.75) is 341 Å². The molecule has 0 amide bonds. The van der Waals surface area contributed by atoms with Crippen LogP contribution in [-0.2, 0) is 42.2 Å². The maximum atomic E-state index is 13.0. The van der Waals surface area contributed by atoms with Gasteiger partial charge >= 0.3 is 25.7 Å². The molecule has 0 aromatic rings. The number of carbonyl (C=O) groups is 3. The van der Waals surface area contributed by atoms with Crippen molar-refractivity contribution in [1.82, 2.24) is 0 Å². The van der Waals surface area contributed by atoms with Crippen LogP contribution in [0.4, 0.5) is 0 Å². The fourth-order valence-corrected chi connectivity index (χ4v) is 10.5. The van der Waals surface area contributed by atoms with Crippen LogP contribution >= 0.6 is 7.82 Å². The van der Waals surface area contributed by atoms with Crippen molar-refractivity contribution in [1.29, 1.82) is 0 Å². The molecule has 0 rings (SSSR count). The summed E-state index contributed by atoms with van der Waals surface area (Å²) in [6.45, 7) is 4.64. The Hall–Kier alpha value is -2.82. The van der Waals surface area contributed by atoms with Gasteiger partial charge in [-0.15, -0.1) is 0 Å². The van der Waals surface area contributed by atoms with Gasteiger partial charge in [-0.05, 0) is 89.9 Å². The van der Waals surface area contributed by atoms with Crippen molar-refractivity contribution in [3.63, 3.8) is 0 Å². The van der Waals surface area contributed by atoms with Gasteiger partial charge in [0.15, 0.2) is 6.10 Å². The lowest BCUT2D eigenvalue weighted by Gasteiger charge is -2.21. The molecule has 0 aliphatic carbocycles. The molecule has 0 aliphatic rings. The fraction of sp³-hybridized carbons (Fsp3) is 0.814.